The van der Waals surface area contributed by atoms with Gasteiger partial charge in [-0.3, -0.25) is 4.90 Å². The van der Waals surface area contributed by atoms with Crippen LogP contribution in [0.4, 0.5) is 5.69 Å². The second-order valence-electron chi connectivity index (χ2n) is 9.80. The molecule has 7 atom stereocenters. The first-order chi connectivity index (χ1) is 12.5. The van der Waals surface area contributed by atoms with Crippen molar-refractivity contribution in [3.63, 3.8) is 0 Å². The molecule has 0 radical (unpaired) electrons. The largest absolute Gasteiger partial charge is 0.495 e. The summed E-state index contributed by atoms with van der Waals surface area (Å²) in [5.41, 5.74) is 0.805. The van der Waals surface area contributed by atoms with Crippen LogP contribution >= 0.6 is 0 Å². The number of methoxy groups -OCH3 is 1. The molecule has 5 heteroatoms. The molecule has 0 amide bonds. The lowest BCUT2D eigenvalue weighted by atomic mass is 9.40. The van der Waals surface area contributed by atoms with Gasteiger partial charge in [0.2, 0.25) is 0 Å². The lowest BCUT2D eigenvalue weighted by Gasteiger charge is -2.69. The number of hydrogen-bond acceptors (Lipinski definition) is 5. The van der Waals surface area contributed by atoms with Gasteiger partial charge in [0, 0.05) is 23.9 Å². The zero-order valence-corrected chi connectivity index (χ0v) is 15.2. The van der Waals surface area contributed by atoms with Crippen molar-refractivity contribution in [1.82, 2.24) is 4.90 Å². The maximum atomic E-state index is 12.0. The number of aliphatic hydroxyl groups excluding tert-OH is 1. The van der Waals surface area contributed by atoms with E-state index in [9.17, 15) is 10.2 Å². The van der Waals surface area contributed by atoms with E-state index in [2.05, 4.69) is 22.3 Å². The summed E-state index contributed by atoms with van der Waals surface area (Å²) in [5, 5.41) is 27.3. The van der Waals surface area contributed by atoms with E-state index in [1.807, 2.05) is 6.07 Å². The van der Waals surface area contributed by atoms with Crippen LogP contribution in [0.15, 0.2) is 18.2 Å². The summed E-state index contributed by atoms with van der Waals surface area (Å²) in [7, 11) is 1.72. The summed E-state index contributed by atoms with van der Waals surface area (Å²) in [6.45, 7) is 2.04. The summed E-state index contributed by atoms with van der Waals surface area (Å²) in [6.07, 6.45) is 4.59. The summed E-state index contributed by atoms with van der Waals surface area (Å²) >= 11 is 0. The van der Waals surface area contributed by atoms with Crippen molar-refractivity contribution < 1.29 is 14.9 Å². The Morgan fingerprint density at radius 2 is 2.15 bits per heavy atom. The molecule has 3 heterocycles. The van der Waals surface area contributed by atoms with Gasteiger partial charge in [0.15, 0.2) is 0 Å². The topological polar surface area (TPSA) is 65.0 Å². The van der Waals surface area contributed by atoms with Crippen molar-refractivity contribution in [2.24, 2.45) is 11.3 Å². The molecule has 4 aliphatic carbocycles. The Balaban J connectivity index is 1.62. The number of anilines is 1. The van der Waals surface area contributed by atoms with Crippen LogP contribution in [-0.4, -0.2) is 58.6 Å². The first kappa shape index (κ1) is 14.7. The van der Waals surface area contributed by atoms with Crippen LogP contribution in [0.5, 0.6) is 5.75 Å². The number of piperidine rings is 1. The normalized spacial score (nSPS) is 54.8. The van der Waals surface area contributed by atoms with Crippen molar-refractivity contribution >= 4 is 5.69 Å². The fraction of sp³-hybridized carbons (Fsp3) is 0.714. The zero-order valence-electron chi connectivity index (χ0n) is 15.2. The molecule has 26 heavy (non-hydrogen) atoms. The lowest BCUT2D eigenvalue weighted by Crippen LogP contribution is -2.80. The minimum absolute atomic E-state index is 0.0960. The van der Waals surface area contributed by atoms with Crippen molar-refractivity contribution in [3.05, 3.63) is 23.8 Å². The second-order valence-corrected chi connectivity index (χ2v) is 9.80. The number of benzene rings is 1. The first-order valence-electron chi connectivity index (χ1n) is 10.1. The molecule has 2 saturated heterocycles. The number of fused-ring (bicyclic) bond motifs is 2. The maximum Gasteiger partial charge on any atom is 0.142 e. The third-order valence-electron chi connectivity index (χ3n) is 9.48. The van der Waals surface area contributed by atoms with Gasteiger partial charge in [-0.1, -0.05) is 12.1 Å². The highest BCUT2D eigenvalue weighted by molar-refractivity contribution is 5.77. The Bertz CT molecular complexity index is 860. The molecule has 7 aliphatic rings. The molecule has 3 aliphatic heterocycles. The number of rotatable bonds is 1. The van der Waals surface area contributed by atoms with Crippen LogP contribution in [-0.2, 0) is 5.41 Å². The van der Waals surface area contributed by atoms with Crippen LogP contribution in [0.1, 0.15) is 37.7 Å². The molecular formula is C21H26N2O3. The maximum absolute atomic E-state index is 12.0. The quantitative estimate of drug-likeness (QED) is 0.713. The molecule has 4 bridgehead atoms. The van der Waals surface area contributed by atoms with E-state index in [0.717, 1.165) is 43.8 Å². The number of ether oxygens (including phenoxy) is 1. The van der Waals surface area contributed by atoms with Gasteiger partial charge in [-0.25, -0.2) is 0 Å². The van der Waals surface area contributed by atoms with Gasteiger partial charge >= 0.3 is 0 Å². The number of aliphatic hydroxyl groups is 2. The van der Waals surface area contributed by atoms with Crippen LogP contribution in [0.25, 0.3) is 0 Å². The van der Waals surface area contributed by atoms with E-state index >= 15 is 0 Å². The fourth-order valence-electron chi connectivity index (χ4n) is 9.12. The van der Waals surface area contributed by atoms with Crippen LogP contribution in [0.2, 0.25) is 0 Å². The molecule has 1 aromatic carbocycles. The number of nitrogens with zero attached hydrogens (tertiary/aromatic N) is 1. The van der Waals surface area contributed by atoms with Crippen molar-refractivity contribution in [1.29, 1.82) is 0 Å². The minimum Gasteiger partial charge on any atom is -0.495 e. The third kappa shape index (κ3) is 1.08. The van der Waals surface area contributed by atoms with Gasteiger partial charge in [-0.05, 0) is 55.7 Å². The number of nitrogens with one attached hydrogen (secondary N) is 1. The number of hydrogen-bond donors (Lipinski definition) is 3. The summed E-state index contributed by atoms with van der Waals surface area (Å²) in [5.74, 6) is 0.962. The fourth-order valence-corrected chi connectivity index (χ4v) is 9.12. The van der Waals surface area contributed by atoms with Gasteiger partial charge < -0.3 is 20.3 Å². The van der Waals surface area contributed by atoms with Crippen molar-refractivity contribution in [3.8, 4) is 5.75 Å². The van der Waals surface area contributed by atoms with E-state index in [-0.39, 0.29) is 16.7 Å². The van der Waals surface area contributed by atoms with Gasteiger partial charge in [0.05, 0.1) is 24.4 Å². The van der Waals surface area contributed by atoms with E-state index in [0.29, 0.717) is 6.04 Å². The molecule has 0 aromatic heterocycles. The number of para-hydroxylation sites is 1. The smallest absolute Gasteiger partial charge is 0.142 e. The highest BCUT2D eigenvalue weighted by Gasteiger charge is 2.90. The van der Waals surface area contributed by atoms with Crippen LogP contribution in [0, 0.1) is 11.3 Å². The summed E-state index contributed by atoms with van der Waals surface area (Å²) < 4.78 is 5.69. The first-order valence-corrected chi connectivity index (χ1v) is 10.1. The van der Waals surface area contributed by atoms with E-state index in [1.165, 1.54) is 18.4 Å². The molecule has 8 rings (SSSR count). The highest BCUT2D eigenvalue weighted by atomic mass is 16.5. The average Bonchev–Trinajstić information content (AvgIpc) is 3.19. The molecule has 1 aromatic rings. The molecule has 3 spiro atoms. The van der Waals surface area contributed by atoms with Crippen LogP contribution < -0.4 is 10.1 Å². The van der Waals surface area contributed by atoms with Gasteiger partial charge in [0.1, 0.15) is 11.4 Å². The van der Waals surface area contributed by atoms with Crippen molar-refractivity contribution in [2.75, 3.05) is 25.5 Å². The summed E-state index contributed by atoms with van der Waals surface area (Å²) in [6, 6.07) is 6.76. The molecular weight excluding hydrogens is 328 g/mol. The van der Waals surface area contributed by atoms with Gasteiger partial charge in [-0.15, -0.1) is 0 Å². The Morgan fingerprint density at radius 3 is 3.00 bits per heavy atom. The lowest BCUT2D eigenvalue weighted by molar-refractivity contribution is -0.210. The molecule has 5 nitrogen and oxygen atoms in total. The molecule has 4 saturated carbocycles. The average molecular weight is 354 g/mol. The highest BCUT2D eigenvalue weighted by Crippen LogP contribution is 2.81. The van der Waals surface area contributed by atoms with Gasteiger partial charge in [-0.2, -0.15) is 0 Å². The predicted molar refractivity (Wildman–Crippen MR) is 96.4 cm³/mol. The molecule has 138 valence electrons. The zero-order chi connectivity index (χ0) is 17.5. The minimum atomic E-state index is -1.04. The van der Waals surface area contributed by atoms with E-state index < -0.39 is 17.2 Å². The van der Waals surface area contributed by atoms with Crippen LogP contribution in [0.3, 0.4) is 0 Å². The third-order valence-corrected chi connectivity index (χ3v) is 9.48. The van der Waals surface area contributed by atoms with E-state index in [1.54, 1.807) is 7.11 Å². The standard InChI is InChI=1S/C21H26N2O3/c1-26-14-5-2-4-12-15(14)22-20-8-7-18-6-3-9-23-10-13(21(12,20)17(18)23)16(24)19(20,25)11-18/h2,4-5,13,16-17,22,24-25H,3,6-11H2,1H3/t13-,16+,17+,18-,19-,20-,21+/m1/s1. The summed E-state index contributed by atoms with van der Waals surface area (Å²) in [4.78, 5) is 2.67. The Hall–Kier alpha value is -1.30. The Labute approximate surface area is 153 Å². The molecule has 6 fully saturated rings. The monoisotopic (exact) mass is 354 g/mol. The predicted octanol–water partition coefficient (Wildman–Crippen LogP) is 1.48. The van der Waals surface area contributed by atoms with Gasteiger partial charge in [0.25, 0.3) is 0 Å². The van der Waals surface area contributed by atoms with E-state index in [4.69, 9.17) is 4.74 Å². The van der Waals surface area contributed by atoms with Crippen molar-refractivity contribution in [2.45, 2.75) is 60.8 Å². The molecule has 3 N–H and O–H groups in total. The second kappa shape index (κ2) is 3.94. The SMILES string of the molecule is COc1cccc2c1N[C@]13CC[C@]45CCCN6C[C@H]([C@H](O)[C@]1(O)C4)[C@]23[C@@H]65. The Morgan fingerprint density at radius 1 is 1.27 bits per heavy atom. The molecule has 0 unspecified atom stereocenters. The Kier molecular flexibility index (Phi) is 2.23.